The van der Waals surface area contributed by atoms with Gasteiger partial charge < -0.3 is 9.90 Å². The van der Waals surface area contributed by atoms with Gasteiger partial charge in [-0.15, -0.1) is 0 Å². The second-order valence-electron chi connectivity index (χ2n) is 2.69. The Balaban J connectivity index is 4.61. The fourth-order valence-corrected chi connectivity index (χ4v) is 0.626. The number of aliphatic carboxylic acids is 1. The van der Waals surface area contributed by atoms with E-state index in [1.165, 1.54) is 19.9 Å². The number of aldehydes is 1. The van der Waals surface area contributed by atoms with Crippen LogP contribution in [0.4, 0.5) is 4.39 Å². The lowest BCUT2D eigenvalue weighted by Gasteiger charge is -1.94. The molecule has 0 amide bonds. The lowest BCUT2D eigenvalue weighted by atomic mass is 10.2. The van der Waals surface area contributed by atoms with Gasteiger partial charge in [0.15, 0.2) is 0 Å². The normalized spacial score (nSPS) is 14.1. The Morgan fingerprint density at radius 2 is 1.86 bits per heavy atom. The van der Waals surface area contributed by atoms with Gasteiger partial charge in [-0.05, 0) is 31.6 Å². The average molecular weight is 197 g/mol. The van der Waals surface area contributed by atoms with Gasteiger partial charge in [-0.25, -0.2) is 4.39 Å². The summed E-state index contributed by atoms with van der Waals surface area (Å²) < 4.78 is 12.9. The van der Waals surface area contributed by atoms with Crippen LogP contribution in [0.1, 0.15) is 13.8 Å². The van der Waals surface area contributed by atoms with Crippen molar-refractivity contribution in [2.45, 2.75) is 13.8 Å². The molecule has 0 heterocycles. The number of carbonyl (C=O) groups excluding carboxylic acids is 2. The van der Waals surface area contributed by atoms with E-state index in [0.717, 1.165) is 12.2 Å². The first-order valence-electron chi connectivity index (χ1n) is 3.86. The fourth-order valence-electron chi connectivity index (χ4n) is 0.626. The van der Waals surface area contributed by atoms with Gasteiger partial charge >= 0.3 is 0 Å². The first-order chi connectivity index (χ1) is 6.47. The van der Waals surface area contributed by atoms with Crippen LogP contribution in [0.15, 0.2) is 35.2 Å². The highest BCUT2D eigenvalue weighted by molar-refractivity contribution is 5.79. The van der Waals surface area contributed by atoms with Gasteiger partial charge in [0.25, 0.3) is 0 Å². The van der Waals surface area contributed by atoms with Crippen LogP contribution < -0.4 is 5.11 Å². The number of hydrogen-bond acceptors (Lipinski definition) is 3. The predicted molar refractivity (Wildman–Crippen MR) is 47.8 cm³/mol. The van der Waals surface area contributed by atoms with Crippen LogP contribution in [-0.2, 0) is 9.59 Å². The molecule has 0 aromatic carbocycles. The minimum absolute atomic E-state index is 0.0394. The molecular formula is C10H10FO3-. The summed E-state index contributed by atoms with van der Waals surface area (Å²) in [7, 11) is 0. The van der Waals surface area contributed by atoms with Gasteiger partial charge in [0, 0.05) is 5.57 Å². The van der Waals surface area contributed by atoms with E-state index in [2.05, 4.69) is 0 Å². The molecule has 0 aliphatic carbocycles. The summed E-state index contributed by atoms with van der Waals surface area (Å²) in [5.74, 6) is -2.03. The van der Waals surface area contributed by atoms with Crippen molar-refractivity contribution in [1.29, 1.82) is 0 Å². The summed E-state index contributed by atoms with van der Waals surface area (Å²) in [5.41, 5.74) is 0.293. The van der Waals surface area contributed by atoms with E-state index >= 15 is 0 Å². The molecule has 4 heteroatoms. The van der Waals surface area contributed by atoms with Crippen molar-refractivity contribution in [2.24, 2.45) is 0 Å². The molecule has 0 aliphatic heterocycles. The molecule has 0 unspecified atom stereocenters. The lowest BCUT2D eigenvalue weighted by Crippen LogP contribution is -2.19. The van der Waals surface area contributed by atoms with Crippen LogP contribution in [0.25, 0.3) is 0 Å². The largest absolute Gasteiger partial charge is 0.545 e. The van der Waals surface area contributed by atoms with Gasteiger partial charge in [-0.3, -0.25) is 4.79 Å². The SMILES string of the molecule is C\C(C=O)=C(F)/C=C/C(C)=C/C(=O)[O-]. The summed E-state index contributed by atoms with van der Waals surface area (Å²) in [5, 5.41) is 10.1. The van der Waals surface area contributed by atoms with Gasteiger partial charge in [0.1, 0.15) is 12.1 Å². The molecule has 0 spiro atoms. The Bertz CT molecular complexity index is 324. The maximum atomic E-state index is 12.9. The second-order valence-corrected chi connectivity index (χ2v) is 2.69. The Kier molecular flexibility index (Phi) is 5.14. The Hall–Kier alpha value is -1.71. The van der Waals surface area contributed by atoms with Gasteiger partial charge in [0.2, 0.25) is 0 Å². The van der Waals surface area contributed by atoms with Crippen LogP contribution in [0.3, 0.4) is 0 Å². The highest BCUT2D eigenvalue weighted by atomic mass is 19.1. The minimum atomic E-state index is -1.34. The number of carbonyl (C=O) groups is 2. The van der Waals surface area contributed by atoms with E-state index in [4.69, 9.17) is 0 Å². The standard InChI is InChI=1S/C10H11FO3/c1-7(5-10(13)14)3-4-9(11)8(2)6-12/h3-6H,1-2H3,(H,13,14)/p-1/b4-3+,7-5+,9-8-. The molecule has 0 atom stereocenters. The first kappa shape index (κ1) is 12.3. The third-order valence-electron chi connectivity index (χ3n) is 1.39. The molecule has 0 fully saturated rings. The van der Waals surface area contributed by atoms with Crippen LogP contribution in [0, 0.1) is 0 Å². The van der Waals surface area contributed by atoms with Crippen molar-refractivity contribution in [3.63, 3.8) is 0 Å². The van der Waals surface area contributed by atoms with E-state index in [1.54, 1.807) is 0 Å². The van der Waals surface area contributed by atoms with E-state index in [-0.39, 0.29) is 5.57 Å². The highest BCUT2D eigenvalue weighted by Crippen LogP contribution is 2.06. The Morgan fingerprint density at radius 3 is 2.29 bits per heavy atom. The van der Waals surface area contributed by atoms with E-state index < -0.39 is 11.8 Å². The number of allylic oxidation sites excluding steroid dienone is 5. The molecule has 0 aliphatic rings. The van der Waals surface area contributed by atoms with Gasteiger partial charge in [-0.1, -0.05) is 6.08 Å². The van der Waals surface area contributed by atoms with Crippen molar-refractivity contribution >= 4 is 12.3 Å². The average Bonchev–Trinajstić information content (AvgIpc) is 2.11. The summed E-state index contributed by atoms with van der Waals surface area (Å²) in [6.07, 6.45) is 3.49. The smallest absolute Gasteiger partial charge is 0.148 e. The van der Waals surface area contributed by atoms with Crippen LogP contribution >= 0.6 is 0 Å². The summed E-state index contributed by atoms with van der Waals surface area (Å²) in [4.78, 5) is 20.2. The maximum absolute atomic E-state index is 12.9. The maximum Gasteiger partial charge on any atom is 0.148 e. The van der Waals surface area contributed by atoms with E-state index in [9.17, 15) is 19.1 Å². The molecule has 0 saturated carbocycles. The Morgan fingerprint density at radius 1 is 1.29 bits per heavy atom. The third kappa shape index (κ3) is 5.03. The van der Waals surface area contributed by atoms with Crippen molar-refractivity contribution in [2.75, 3.05) is 0 Å². The summed E-state index contributed by atoms with van der Waals surface area (Å²) >= 11 is 0. The lowest BCUT2D eigenvalue weighted by molar-refractivity contribution is -0.297. The molecule has 0 aromatic rings. The van der Waals surface area contributed by atoms with Crippen LogP contribution in [0.5, 0.6) is 0 Å². The molecule has 0 saturated heterocycles. The van der Waals surface area contributed by atoms with Gasteiger partial charge in [-0.2, -0.15) is 0 Å². The molecule has 14 heavy (non-hydrogen) atoms. The molecule has 0 rings (SSSR count). The second kappa shape index (κ2) is 5.85. The van der Waals surface area contributed by atoms with Crippen LogP contribution in [-0.4, -0.2) is 12.3 Å². The number of halogens is 1. The number of carboxylic acid groups (broad SMARTS) is 1. The predicted octanol–water partition coefficient (Wildman–Crippen LogP) is 0.681. The quantitative estimate of drug-likeness (QED) is 0.378. The zero-order chi connectivity index (χ0) is 11.1. The topological polar surface area (TPSA) is 57.2 Å². The van der Waals surface area contributed by atoms with Gasteiger partial charge in [0.05, 0.1) is 5.97 Å². The molecule has 76 valence electrons. The van der Waals surface area contributed by atoms with Crippen LogP contribution in [0.2, 0.25) is 0 Å². The molecule has 0 aromatic heterocycles. The van der Waals surface area contributed by atoms with Crippen molar-refractivity contribution in [3.8, 4) is 0 Å². The molecule has 0 radical (unpaired) electrons. The van der Waals surface area contributed by atoms with E-state index in [0.29, 0.717) is 11.9 Å². The number of carboxylic acids is 1. The molecule has 3 nitrogen and oxygen atoms in total. The summed E-state index contributed by atoms with van der Waals surface area (Å²) in [6, 6.07) is 0. The van der Waals surface area contributed by atoms with E-state index in [1.807, 2.05) is 0 Å². The minimum Gasteiger partial charge on any atom is -0.545 e. The highest BCUT2D eigenvalue weighted by Gasteiger charge is 1.94. The fraction of sp³-hybridized carbons (Fsp3) is 0.200. The first-order valence-corrected chi connectivity index (χ1v) is 3.86. The zero-order valence-electron chi connectivity index (χ0n) is 7.91. The number of hydrogen-bond donors (Lipinski definition) is 0. The Labute approximate surface area is 81.2 Å². The zero-order valence-corrected chi connectivity index (χ0v) is 7.91. The molecular weight excluding hydrogens is 187 g/mol. The molecule has 0 bridgehead atoms. The monoisotopic (exact) mass is 197 g/mol. The number of rotatable bonds is 4. The van der Waals surface area contributed by atoms with Crippen molar-refractivity contribution < 1.29 is 19.1 Å². The van der Waals surface area contributed by atoms with Crippen molar-refractivity contribution in [3.05, 3.63) is 35.2 Å². The summed E-state index contributed by atoms with van der Waals surface area (Å²) in [6.45, 7) is 2.81. The van der Waals surface area contributed by atoms with Crippen molar-refractivity contribution in [1.82, 2.24) is 0 Å². The third-order valence-corrected chi connectivity index (χ3v) is 1.39. The molecule has 0 N–H and O–H groups in total.